The topological polar surface area (TPSA) is 55.3 Å². The molecule has 3 aromatic rings. The summed E-state index contributed by atoms with van der Waals surface area (Å²) in [6.45, 7) is 1.71. The Morgan fingerprint density at radius 3 is 2.64 bits per heavy atom. The van der Waals surface area contributed by atoms with Crippen LogP contribution in [0.2, 0.25) is 5.02 Å². The maximum Gasteiger partial charge on any atom is 0.269 e. The lowest BCUT2D eigenvalue weighted by molar-refractivity contribution is -0.124. The number of anilines is 1. The fourth-order valence-electron chi connectivity index (χ4n) is 2.18. The Morgan fingerprint density at radius 1 is 1.20 bits per heavy atom. The number of likely N-dealkylation sites (N-methyl/N-ethyl adjacent to an activating group) is 1. The molecule has 0 saturated heterocycles. The summed E-state index contributed by atoms with van der Waals surface area (Å²) in [6.07, 6.45) is 1.07. The summed E-state index contributed by atoms with van der Waals surface area (Å²) >= 11 is 7.24. The van der Waals surface area contributed by atoms with Crippen LogP contribution in [-0.2, 0) is 4.79 Å². The van der Waals surface area contributed by atoms with E-state index >= 15 is 0 Å². The van der Waals surface area contributed by atoms with E-state index in [2.05, 4.69) is 9.97 Å². The van der Waals surface area contributed by atoms with Gasteiger partial charge >= 0.3 is 0 Å². The molecule has 1 amide bonds. The number of ether oxygens (including phenoxy) is 1. The van der Waals surface area contributed by atoms with Crippen LogP contribution in [0.25, 0.3) is 11.4 Å². The largest absolute Gasteiger partial charge is 0.481 e. The first-order valence-corrected chi connectivity index (χ1v) is 8.87. The quantitative estimate of drug-likeness (QED) is 0.669. The van der Waals surface area contributed by atoms with Gasteiger partial charge in [-0.1, -0.05) is 17.7 Å². The van der Waals surface area contributed by atoms with E-state index in [1.807, 2.05) is 23.6 Å². The molecule has 0 saturated carbocycles. The number of hydrogen-bond acceptors (Lipinski definition) is 5. The smallest absolute Gasteiger partial charge is 0.269 e. The van der Waals surface area contributed by atoms with Gasteiger partial charge in [-0.2, -0.15) is 0 Å². The molecular formula is C18H16ClN3O2S. The average Bonchev–Trinajstić information content (AvgIpc) is 3.13. The molecule has 0 fully saturated rings. The average molecular weight is 374 g/mol. The molecule has 0 aliphatic rings. The van der Waals surface area contributed by atoms with Gasteiger partial charge in [-0.3, -0.25) is 14.7 Å². The van der Waals surface area contributed by atoms with Crippen molar-refractivity contribution in [2.24, 2.45) is 0 Å². The van der Waals surface area contributed by atoms with E-state index in [1.54, 1.807) is 44.4 Å². The van der Waals surface area contributed by atoms with Gasteiger partial charge in [0.2, 0.25) is 0 Å². The predicted octanol–water partition coefficient (Wildman–Crippen LogP) is 4.29. The molecule has 7 heteroatoms. The Morgan fingerprint density at radius 2 is 1.96 bits per heavy atom. The minimum atomic E-state index is -0.645. The zero-order chi connectivity index (χ0) is 17.8. The summed E-state index contributed by atoms with van der Waals surface area (Å²) in [5.41, 5.74) is 1.52. The normalized spacial score (nSPS) is 11.8. The molecule has 0 radical (unpaired) electrons. The molecule has 128 valence electrons. The van der Waals surface area contributed by atoms with Crippen molar-refractivity contribution >= 4 is 34.0 Å². The molecular weight excluding hydrogens is 358 g/mol. The Balaban J connectivity index is 1.69. The second-order valence-corrected chi connectivity index (χ2v) is 6.61. The minimum Gasteiger partial charge on any atom is -0.481 e. The predicted molar refractivity (Wildman–Crippen MR) is 100 cm³/mol. The first-order chi connectivity index (χ1) is 12.0. The van der Waals surface area contributed by atoms with Crippen LogP contribution in [0.1, 0.15) is 6.92 Å². The van der Waals surface area contributed by atoms with Gasteiger partial charge < -0.3 is 4.74 Å². The maximum absolute atomic E-state index is 12.6. The van der Waals surface area contributed by atoms with Crippen molar-refractivity contribution in [1.82, 2.24) is 9.97 Å². The number of nitrogens with zero attached hydrogens (tertiary/aromatic N) is 3. The number of carbonyl (C=O) groups is 1. The Kier molecular flexibility index (Phi) is 5.31. The maximum atomic E-state index is 12.6. The van der Waals surface area contributed by atoms with Gasteiger partial charge in [0.25, 0.3) is 5.91 Å². The van der Waals surface area contributed by atoms with Crippen molar-refractivity contribution in [2.45, 2.75) is 13.0 Å². The third-order valence-corrected chi connectivity index (χ3v) is 4.68. The van der Waals surface area contributed by atoms with Crippen molar-refractivity contribution in [2.75, 3.05) is 11.9 Å². The van der Waals surface area contributed by atoms with Crippen LogP contribution in [0.3, 0.4) is 0 Å². The number of halogens is 1. The third-order valence-electron chi connectivity index (χ3n) is 3.51. The van der Waals surface area contributed by atoms with Gasteiger partial charge in [0.15, 0.2) is 11.2 Å². The monoisotopic (exact) mass is 373 g/mol. The highest BCUT2D eigenvalue weighted by Crippen LogP contribution is 2.26. The van der Waals surface area contributed by atoms with Crippen LogP contribution in [0.5, 0.6) is 5.75 Å². The molecule has 25 heavy (non-hydrogen) atoms. The zero-order valence-electron chi connectivity index (χ0n) is 13.7. The van der Waals surface area contributed by atoms with Crippen LogP contribution in [0.15, 0.2) is 54.0 Å². The molecule has 5 nitrogen and oxygen atoms in total. The third kappa shape index (κ3) is 4.15. The lowest BCUT2D eigenvalue weighted by Gasteiger charge is -2.20. The van der Waals surface area contributed by atoms with Crippen LogP contribution in [0.4, 0.5) is 5.13 Å². The van der Waals surface area contributed by atoms with Gasteiger partial charge in [-0.15, -0.1) is 11.3 Å². The highest BCUT2D eigenvalue weighted by atomic mass is 35.5. The van der Waals surface area contributed by atoms with Crippen molar-refractivity contribution in [3.63, 3.8) is 0 Å². The fourth-order valence-corrected chi connectivity index (χ4v) is 3.10. The van der Waals surface area contributed by atoms with Gasteiger partial charge in [-0.25, -0.2) is 4.98 Å². The summed E-state index contributed by atoms with van der Waals surface area (Å²) in [6, 6.07) is 12.5. The molecule has 3 rings (SSSR count). The number of aromatic nitrogens is 2. The van der Waals surface area contributed by atoms with Gasteiger partial charge in [0.05, 0.1) is 5.69 Å². The number of thiazole rings is 1. The molecule has 0 bridgehead atoms. The summed E-state index contributed by atoms with van der Waals surface area (Å²) in [5, 5.41) is 3.09. The number of benzene rings is 1. The van der Waals surface area contributed by atoms with E-state index in [0.29, 0.717) is 15.9 Å². The molecule has 1 aromatic carbocycles. The van der Waals surface area contributed by atoms with Crippen molar-refractivity contribution in [1.29, 1.82) is 0 Å². The first kappa shape index (κ1) is 17.4. The van der Waals surface area contributed by atoms with E-state index in [0.717, 1.165) is 11.4 Å². The van der Waals surface area contributed by atoms with Gasteiger partial charge in [0.1, 0.15) is 11.4 Å². The second-order valence-electron chi connectivity index (χ2n) is 5.34. The number of carbonyl (C=O) groups excluding carboxylic acids is 1. The Bertz CT molecular complexity index is 852. The zero-order valence-corrected chi connectivity index (χ0v) is 15.3. The lowest BCUT2D eigenvalue weighted by atomic mass is 10.3. The van der Waals surface area contributed by atoms with Crippen molar-refractivity contribution < 1.29 is 9.53 Å². The highest BCUT2D eigenvalue weighted by molar-refractivity contribution is 7.14. The van der Waals surface area contributed by atoms with Crippen molar-refractivity contribution in [3.05, 3.63) is 59.1 Å². The molecule has 0 unspecified atom stereocenters. The van der Waals surface area contributed by atoms with Crippen LogP contribution >= 0.6 is 22.9 Å². The van der Waals surface area contributed by atoms with Crippen LogP contribution < -0.4 is 9.64 Å². The van der Waals surface area contributed by atoms with Gasteiger partial charge in [-0.05, 0) is 43.3 Å². The number of rotatable bonds is 5. The molecule has 2 aromatic heterocycles. The van der Waals surface area contributed by atoms with Crippen LogP contribution in [-0.4, -0.2) is 29.0 Å². The van der Waals surface area contributed by atoms with Gasteiger partial charge in [0, 0.05) is 23.6 Å². The molecule has 1 atom stereocenters. The SMILES string of the molecule is C[C@H](Oc1ccc(Cl)cc1)C(=O)N(C)c1nc(-c2ccccn2)cs1. The number of hydrogen-bond donors (Lipinski definition) is 0. The first-order valence-electron chi connectivity index (χ1n) is 7.61. The molecule has 0 spiro atoms. The van der Waals surface area contributed by atoms with E-state index < -0.39 is 6.10 Å². The Hall–Kier alpha value is -2.44. The standard InChI is InChI=1S/C18H16ClN3O2S/c1-12(24-14-8-6-13(19)7-9-14)17(23)22(2)18-21-16(11-25-18)15-5-3-4-10-20-15/h3-12H,1-2H3/t12-/m0/s1. The highest BCUT2D eigenvalue weighted by Gasteiger charge is 2.22. The molecule has 0 aliphatic heterocycles. The minimum absolute atomic E-state index is 0.183. The van der Waals surface area contributed by atoms with Crippen LogP contribution in [0, 0.1) is 0 Å². The summed E-state index contributed by atoms with van der Waals surface area (Å²) in [4.78, 5) is 22.8. The number of amides is 1. The molecule has 0 N–H and O–H groups in total. The Labute approximate surface area is 154 Å². The van der Waals surface area contributed by atoms with E-state index in [4.69, 9.17) is 16.3 Å². The number of pyridine rings is 1. The fraction of sp³-hybridized carbons (Fsp3) is 0.167. The summed E-state index contributed by atoms with van der Waals surface area (Å²) < 4.78 is 5.68. The van der Waals surface area contributed by atoms with Crippen molar-refractivity contribution in [3.8, 4) is 17.1 Å². The summed E-state index contributed by atoms with van der Waals surface area (Å²) in [7, 11) is 1.69. The van der Waals surface area contributed by atoms with E-state index in [1.165, 1.54) is 16.2 Å². The van der Waals surface area contributed by atoms with E-state index in [-0.39, 0.29) is 5.91 Å². The summed E-state index contributed by atoms with van der Waals surface area (Å²) in [5.74, 6) is 0.406. The lowest BCUT2D eigenvalue weighted by Crippen LogP contribution is -2.37. The molecule has 2 heterocycles. The van der Waals surface area contributed by atoms with E-state index in [9.17, 15) is 4.79 Å². The second kappa shape index (κ2) is 7.63. The molecule has 0 aliphatic carbocycles.